The first-order valence-corrected chi connectivity index (χ1v) is 33.3. The molecule has 0 heterocycles. The van der Waals surface area contributed by atoms with Crippen molar-refractivity contribution in [2.24, 2.45) is 130 Å². The van der Waals surface area contributed by atoms with Crippen molar-refractivity contribution in [1.82, 2.24) is 0 Å². The van der Waals surface area contributed by atoms with Crippen LogP contribution in [0.1, 0.15) is 271 Å². The van der Waals surface area contributed by atoms with E-state index in [1.807, 2.05) is 0 Å². The molecule has 0 aliphatic heterocycles. The Balaban J connectivity index is 0.879. The second-order valence-electron chi connectivity index (χ2n) is 29.2. The zero-order valence-corrected chi connectivity index (χ0v) is 46.8. The zero-order chi connectivity index (χ0) is 48.0. The summed E-state index contributed by atoms with van der Waals surface area (Å²) in [5.41, 5.74) is 0.515. The van der Waals surface area contributed by atoms with Gasteiger partial charge in [0.2, 0.25) is 0 Å². The van der Waals surface area contributed by atoms with Crippen LogP contribution in [0, 0.1) is 130 Å². The first-order valence-electron chi connectivity index (χ1n) is 33.3. The Hall–Kier alpha value is -0.560. The van der Waals surface area contributed by atoms with Crippen molar-refractivity contribution in [3.8, 4) is 0 Å². The Morgan fingerprint density at radius 2 is 1.11 bits per heavy atom. The van der Waals surface area contributed by atoms with E-state index < -0.39 is 0 Å². The second-order valence-corrected chi connectivity index (χ2v) is 29.2. The molecule has 9 fully saturated rings. The SMILES string of the molecule is C=CC(CCCO)C1CCC(C(C2CCC(C3CCC(C4CCCCC4)CC3)CC2)C(CC)C[C@@H]2CC3CCC(C4CC[C@H]5C[C@H]6CCCCC6C5C4)CC3C2(C)C(CCCC)CC2C=CCC2)CC1. The Morgan fingerprint density at radius 3 is 1.77 bits per heavy atom. The fourth-order valence-corrected chi connectivity index (χ4v) is 22.7. The molecule has 10 aliphatic carbocycles. The summed E-state index contributed by atoms with van der Waals surface area (Å²) in [4.78, 5) is 0. The maximum Gasteiger partial charge on any atom is 0.0431 e. The molecule has 0 aromatic rings. The predicted octanol–water partition coefficient (Wildman–Crippen LogP) is 20.1. The Bertz CT molecular complexity index is 1580. The van der Waals surface area contributed by atoms with E-state index in [0.717, 1.165) is 131 Å². The zero-order valence-electron chi connectivity index (χ0n) is 46.8. The number of unbranched alkanes of at least 4 members (excludes halogenated alkanes) is 1. The molecule has 9 saturated carbocycles. The molecule has 10 rings (SSSR count). The van der Waals surface area contributed by atoms with Gasteiger partial charge in [-0.2, -0.15) is 0 Å². The lowest BCUT2D eigenvalue weighted by Crippen LogP contribution is -2.44. The van der Waals surface area contributed by atoms with Crippen LogP contribution < -0.4 is 0 Å². The number of hydrogen-bond donors (Lipinski definition) is 1. The van der Waals surface area contributed by atoms with Crippen molar-refractivity contribution in [3.63, 3.8) is 0 Å². The molecule has 1 nitrogen and oxygen atoms in total. The largest absolute Gasteiger partial charge is 0.396 e. The van der Waals surface area contributed by atoms with Gasteiger partial charge in [-0.15, -0.1) is 6.58 Å². The summed E-state index contributed by atoms with van der Waals surface area (Å²) in [7, 11) is 0. The van der Waals surface area contributed by atoms with Gasteiger partial charge in [0.1, 0.15) is 0 Å². The van der Waals surface area contributed by atoms with Crippen LogP contribution >= 0.6 is 0 Å². The number of aliphatic hydroxyl groups excluding tert-OH is 1. The number of fused-ring (bicyclic) bond motifs is 4. The number of allylic oxidation sites excluding steroid dienone is 3. The van der Waals surface area contributed by atoms with Crippen LogP contribution in [0.15, 0.2) is 24.8 Å². The van der Waals surface area contributed by atoms with E-state index in [1.54, 1.807) is 141 Å². The Morgan fingerprint density at radius 1 is 0.543 bits per heavy atom. The summed E-state index contributed by atoms with van der Waals surface area (Å²) < 4.78 is 0. The Labute approximate surface area is 435 Å². The number of hydrogen-bond acceptors (Lipinski definition) is 1. The van der Waals surface area contributed by atoms with Crippen molar-refractivity contribution in [2.75, 3.05) is 6.61 Å². The van der Waals surface area contributed by atoms with Crippen LogP contribution in [-0.4, -0.2) is 11.7 Å². The highest BCUT2D eigenvalue weighted by molar-refractivity contribution is 5.09. The van der Waals surface area contributed by atoms with Gasteiger partial charge < -0.3 is 5.11 Å². The first kappa shape index (κ1) is 52.9. The van der Waals surface area contributed by atoms with Crippen molar-refractivity contribution in [2.45, 2.75) is 271 Å². The number of rotatable bonds is 20. The maximum absolute atomic E-state index is 9.79. The van der Waals surface area contributed by atoms with Crippen molar-refractivity contribution >= 4 is 0 Å². The van der Waals surface area contributed by atoms with Crippen molar-refractivity contribution in [3.05, 3.63) is 24.8 Å². The fraction of sp³-hybridized carbons (Fsp3) is 0.942. The van der Waals surface area contributed by atoms with E-state index in [2.05, 4.69) is 45.6 Å². The van der Waals surface area contributed by atoms with E-state index in [0.29, 0.717) is 17.9 Å². The summed E-state index contributed by atoms with van der Waals surface area (Å²) in [5.74, 6) is 20.6. The highest BCUT2D eigenvalue weighted by Gasteiger charge is 2.58. The van der Waals surface area contributed by atoms with Gasteiger partial charge in [-0.05, 0) is 309 Å². The van der Waals surface area contributed by atoms with E-state index in [-0.39, 0.29) is 0 Å². The molecule has 12 unspecified atom stereocenters. The van der Waals surface area contributed by atoms with E-state index in [4.69, 9.17) is 0 Å². The van der Waals surface area contributed by atoms with Crippen LogP contribution in [0.25, 0.3) is 0 Å². The molecule has 0 saturated heterocycles. The Kier molecular flexibility index (Phi) is 18.9. The molecule has 0 radical (unpaired) electrons. The molecule has 0 spiro atoms. The average molecular weight is 962 g/mol. The van der Waals surface area contributed by atoms with Gasteiger partial charge in [0, 0.05) is 6.61 Å². The summed E-state index contributed by atoms with van der Waals surface area (Å²) in [6.07, 6.45) is 66.4. The monoisotopic (exact) mass is 961 g/mol. The minimum Gasteiger partial charge on any atom is -0.396 e. The molecule has 0 aromatic heterocycles. The molecular weight excluding hydrogens is 845 g/mol. The van der Waals surface area contributed by atoms with Crippen LogP contribution in [0.4, 0.5) is 0 Å². The molecule has 0 aromatic carbocycles. The minimum absolute atomic E-state index is 0.339. The van der Waals surface area contributed by atoms with Crippen LogP contribution in [0.5, 0.6) is 0 Å². The van der Waals surface area contributed by atoms with E-state index >= 15 is 0 Å². The van der Waals surface area contributed by atoms with E-state index in [9.17, 15) is 5.11 Å². The molecule has 70 heavy (non-hydrogen) atoms. The molecule has 1 heteroatoms. The molecular formula is C69H116O. The molecule has 0 amide bonds. The third-order valence-corrected chi connectivity index (χ3v) is 26.4. The van der Waals surface area contributed by atoms with Crippen LogP contribution in [0.2, 0.25) is 0 Å². The van der Waals surface area contributed by atoms with Crippen LogP contribution in [0.3, 0.4) is 0 Å². The predicted molar refractivity (Wildman–Crippen MR) is 299 cm³/mol. The van der Waals surface area contributed by atoms with Gasteiger partial charge >= 0.3 is 0 Å². The van der Waals surface area contributed by atoms with Crippen molar-refractivity contribution in [1.29, 1.82) is 0 Å². The highest BCUT2D eigenvalue weighted by Crippen LogP contribution is 2.67. The smallest absolute Gasteiger partial charge is 0.0431 e. The van der Waals surface area contributed by atoms with Gasteiger partial charge in [0.05, 0.1) is 0 Å². The fourth-order valence-electron chi connectivity index (χ4n) is 22.7. The van der Waals surface area contributed by atoms with E-state index in [1.165, 1.54) is 96.3 Å². The topological polar surface area (TPSA) is 20.2 Å². The second kappa shape index (κ2) is 25.1. The molecule has 0 bridgehead atoms. The summed E-state index contributed by atoms with van der Waals surface area (Å²) in [6, 6.07) is 0. The lowest BCUT2D eigenvalue weighted by molar-refractivity contribution is -0.0214. The molecule has 15 atom stereocenters. The standard InChI is InChI=1S/C69H116O/c1-5-8-23-63(42-48-17-12-13-18-48)69(4)64(45-62-40-38-59(47-67(62)69)58-37-39-61-43-60-21-14-15-24-65(60)66(61)46-58)44-50(7-3)68(56-33-29-52(30-34-56)49(6-2)22-16-41-70)57-35-31-55(32-36-57)54-27-25-53(26-28-54)51-19-10-9-11-20-51/h6,12,17,48-68,70H,2,5,7-11,13-16,18-47H2,1,3-4H3/t48?,49?,50?,52?,53?,54?,55?,56?,57?,58?,59?,60-,61+,62?,63?,64-,65?,66?,67?,68?,69?/m1/s1. The van der Waals surface area contributed by atoms with Crippen molar-refractivity contribution < 1.29 is 5.11 Å². The molecule has 1 N–H and O–H groups in total. The highest BCUT2D eigenvalue weighted by atomic mass is 16.2. The maximum atomic E-state index is 9.79. The van der Waals surface area contributed by atoms with Crippen LogP contribution in [-0.2, 0) is 0 Å². The third kappa shape index (κ3) is 11.7. The van der Waals surface area contributed by atoms with Gasteiger partial charge in [0.15, 0.2) is 0 Å². The first-order chi connectivity index (χ1) is 34.4. The lowest BCUT2D eigenvalue weighted by atomic mass is 9.54. The van der Waals surface area contributed by atoms with Gasteiger partial charge in [-0.1, -0.05) is 110 Å². The summed E-state index contributed by atoms with van der Waals surface area (Å²) in [5, 5.41) is 9.79. The van der Waals surface area contributed by atoms with Gasteiger partial charge in [-0.25, -0.2) is 0 Å². The molecule has 398 valence electrons. The number of aliphatic hydroxyl groups is 1. The van der Waals surface area contributed by atoms with Gasteiger partial charge in [0.25, 0.3) is 0 Å². The van der Waals surface area contributed by atoms with Gasteiger partial charge in [-0.3, -0.25) is 0 Å². The summed E-state index contributed by atoms with van der Waals surface area (Å²) >= 11 is 0. The third-order valence-electron chi connectivity index (χ3n) is 26.4. The minimum atomic E-state index is 0.339. The molecule has 10 aliphatic rings. The lowest BCUT2D eigenvalue weighted by Gasteiger charge is -2.51. The average Bonchev–Trinajstić information content (AvgIpc) is 4.14. The normalized spacial score (nSPS) is 44.2. The quantitative estimate of drug-likeness (QED) is 0.121. The summed E-state index contributed by atoms with van der Waals surface area (Å²) in [6.45, 7) is 12.9.